The Kier molecular flexibility index (Phi) is 3.94. The third kappa shape index (κ3) is 2.68. The highest BCUT2D eigenvalue weighted by molar-refractivity contribution is 9.10. The summed E-state index contributed by atoms with van der Waals surface area (Å²) in [5.74, 6) is 0.177. The van der Waals surface area contributed by atoms with Crippen molar-refractivity contribution in [2.24, 2.45) is 0 Å². The van der Waals surface area contributed by atoms with Gasteiger partial charge in [0.05, 0.1) is 10.2 Å². The van der Waals surface area contributed by atoms with Gasteiger partial charge in [-0.2, -0.15) is 0 Å². The van der Waals surface area contributed by atoms with Crippen LogP contribution in [0.15, 0.2) is 45.8 Å². The zero-order chi connectivity index (χ0) is 13.0. The molecular weight excluding hydrogens is 298 g/mol. The minimum atomic E-state index is -0.341. The summed E-state index contributed by atoms with van der Waals surface area (Å²) in [6.45, 7) is 0.302. The summed E-state index contributed by atoms with van der Waals surface area (Å²) in [5, 5.41) is 0. The highest BCUT2D eigenvalue weighted by atomic mass is 79.9. The normalized spacial score (nSPS) is 10.1. The molecule has 0 aliphatic heterocycles. The molecule has 0 unspecified atom stereocenters. The van der Waals surface area contributed by atoms with E-state index in [9.17, 15) is 9.59 Å². The predicted octanol–water partition coefficient (Wildman–Crippen LogP) is 2.53. The van der Waals surface area contributed by atoms with E-state index in [4.69, 9.17) is 4.74 Å². The number of nitrogens with one attached hydrogen (secondary N) is 1. The van der Waals surface area contributed by atoms with Crippen LogP contribution in [0.5, 0.6) is 5.75 Å². The van der Waals surface area contributed by atoms with Gasteiger partial charge in [0, 0.05) is 6.20 Å². The van der Waals surface area contributed by atoms with Crippen LogP contribution in [0, 0.1) is 0 Å². The maximum Gasteiger partial charge on any atom is 0.238 e. The van der Waals surface area contributed by atoms with Crippen molar-refractivity contribution in [2.45, 2.75) is 6.61 Å². The van der Waals surface area contributed by atoms with E-state index in [-0.39, 0.29) is 21.3 Å². The average molecular weight is 308 g/mol. The molecule has 1 aromatic heterocycles. The van der Waals surface area contributed by atoms with E-state index >= 15 is 0 Å². The topological polar surface area (TPSA) is 59.2 Å². The lowest BCUT2D eigenvalue weighted by atomic mass is 10.2. The molecule has 0 radical (unpaired) electrons. The van der Waals surface area contributed by atoms with Gasteiger partial charge in [-0.1, -0.05) is 30.3 Å². The summed E-state index contributed by atoms with van der Waals surface area (Å²) in [6, 6.07) is 9.51. The van der Waals surface area contributed by atoms with Crippen LogP contribution >= 0.6 is 15.9 Å². The third-order valence-corrected chi connectivity index (χ3v) is 3.16. The number of halogens is 1. The van der Waals surface area contributed by atoms with E-state index in [1.807, 2.05) is 30.3 Å². The second-order valence-corrected chi connectivity index (χ2v) is 4.39. The van der Waals surface area contributed by atoms with Gasteiger partial charge >= 0.3 is 0 Å². The molecule has 0 saturated carbocycles. The zero-order valence-corrected chi connectivity index (χ0v) is 10.9. The molecule has 18 heavy (non-hydrogen) atoms. The number of H-pyrrole nitrogens is 1. The molecule has 0 fully saturated rings. The Morgan fingerprint density at radius 2 is 2.00 bits per heavy atom. The fourth-order valence-electron chi connectivity index (χ4n) is 1.43. The second-order valence-electron chi connectivity index (χ2n) is 3.60. The third-order valence-electron chi connectivity index (χ3n) is 2.37. The number of carbonyl (C=O) groups is 1. The van der Waals surface area contributed by atoms with Crippen LogP contribution in [-0.4, -0.2) is 11.3 Å². The van der Waals surface area contributed by atoms with E-state index in [1.54, 1.807) is 0 Å². The first-order valence-electron chi connectivity index (χ1n) is 5.25. The molecule has 0 aliphatic rings. The Labute approximate surface area is 112 Å². The van der Waals surface area contributed by atoms with E-state index in [0.29, 0.717) is 12.9 Å². The molecular formula is C13H10BrNO3. The first kappa shape index (κ1) is 12.6. The second kappa shape index (κ2) is 5.64. The standard InChI is InChI=1S/C13H10BrNO3/c14-12-10(7-16)15-6-11(13(12)17)18-8-9-4-2-1-3-5-9/h1-7H,8H2,(H,15,17). The van der Waals surface area contributed by atoms with Gasteiger partial charge in [0.1, 0.15) is 6.61 Å². The van der Waals surface area contributed by atoms with Crippen LogP contribution in [0.2, 0.25) is 0 Å². The largest absolute Gasteiger partial charge is 0.483 e. The number of carbonyl (C=O) groups excluding carboxylic acids is 1. The molecule has 4 nitrogen and oxygen atoms in total. The molecule has 0 aliphatic carbocycles. The summed E-state index contributed by atoms with van der Waals surface area (Å²) in [7, 11) is 0. The van der Waals surface area contributed by atoms with E-state index in [1.165, 1.54) is 6.20 Å². The molecule has 0 saturated heterocycles. The van der Waals surface area contributed by atoms with E-state index in [2.05, 4.69) is 20.9 Å². The monoisotopic (exact) mass is 307 g/mol. The minimum Gasteiger partial charge on any atom is -0.483 e. The molecule has 5 heteroatoms. The van der Waals surface area contributed by atoms with E-state index < -0.39 is 0 Å². The summed E-state index contributed by atoms with van der Waals surface area (Å²) in [6.07, 6.45) is 1.96. The lowest BCUT2D eigenvalue weighted by Gasteiger charge is -2.06. The summed E-state index contributed by atoms with van der Waals surface area (Å²) in [4.78, 5) is 25.1. The molecule has 1 heterocycles. The van der Waals surface area contributed by atoms with Crippen molar-refractivity contribution < 1.29 is 9.53 Å². The number of rotatable bonds is 4. The summed E-state index contributed by atoms with van der Waals surface area (Å²) < 4.78 is 5.60. The number of aromatic amines is 1. The highest BCUT2D eigenvalue weighted by Crippen LogP contribution is 2.13. The van der Waals surface area contributed by atoms with Crippen molar-refractivity contribution in [2.75, 3.05) is 0 Å². The molecule has 92 valence electrons. The molecule has 0 bridgehead atoms. The van der Waals surface area contributed by atoms with Gasteiger partial charge in [-0.15, -0.1) is 0 Å². The average Bonchev–Trinajstić information content (AvgIpc) is 2.42. The van der Waals surface area contributed by atoms with Crippen LogP contribution in [0.3, 0.4) is 0 Å². The van der Waals surface area contributed by atoms with E-state index in [0.717, 1.165) is 5.56 Å². The van der Waals surface area contributed by atoms with Gasteiger partial charge in [-0.3, -0.25) is 9.59 Å². The number of pyridine rings is 1. The molecule has 0 spiro atoms. The Morgan fingerprint density at radius 3 is 2.67 bits per heavy atom. The number of hydrogen-bond acceptors (Lipinski definition) is 3. The SMILES string of the molecule is O=Cc1[nH]cc(OCc2ccccc2)c(=O)c1Br. The number of aromatic nitrogens is 1. The molecule has 2 aromatic rings. The molecule has 0 amide bonds. The van der Waals surface area contributed by atoms with Gasteiger partial charge in [-0.25, -0.2) is 0 Å². The predicted molar refractivity (Wildman–Crippen MR) is 70.9 cm³/mol. The maximum absolute atomic E-state index is 11.8. The van der Waals surface area contributed by atoms with Crippen LogP contribution in [-0.2, 0) is 6.61 Å². The number of aldehydes is 1. The molecule has 2 rings (SSSR count). The van der Waals surface area contributed by atoms with Crippen LogP contribution < -0.4 is 10.2 Å². The Morgan fingerprint density at radius 1 is 1.28 bits per heavy atom. The lowest BCUT2D eigenvalue weighted by molar-refractivity contribution is 0.111. The smallest absolute Gasteiger partial charge is 0.238 e. The Bertz CT molecular complexity index is 607. The van der Waals surface area contributed by atoms with Crippen molar-refractivity contribution >= 4 is 22.2 Å². The van der Waals surface area contributed by atoms with Crippen LogP contribution in [0.4, 0.5) is 0 Å². The summed E-state index contributed by atoms with van der Waals surface area (Å²) >= 11 is 3.06. The first-order valence-corrected chi connectivity index (χ1v) is 6.04. The fourth-order valence-corrected chi connectivity index (χ4v) is 1.83. The minimum absolute atomic E-state index is 0.177. The highest BCUT2D eigenvalue weighted by Gasteiger charge is 2.09. The number of benzene rings is 1. The van der Waals surface area contributed by atoms with Gasteiger partial charge in [-0.05, 0) is 21.5 Å². The first-order chi connectivity index (χ1) is 8.72. The van der Waals surface area contributed by atoms with Crippen LogP contribution in [0.1, 0.15) is 16.1 Å². The molecule has 1 N–H and O–H groups in total. The molecule has 0 atom stereocenters. The Hall–Kier alpha value is -1.88. The number of hydrogen-bond donors (Lipinski definition) is 1. The van der Waals surface area contributed by atoms with Crippen molar-refractivity contribution in [3.05, 3.63) is 62.5 Å². The number of ether oxygens (including phenoxy) is 1. The van der Waals surface area contributed by atoms with Gasteiger partial charge in [0.2, 0.25) is 5.43 Å². The van der Waals surface area contributed by atoms with Gasteiger partial charge in [0.15, 0.2) is 12.0 Å². The van der Waals surface area contributed by atoms with Crippen molar-refractivity contribution in [3.8, 4) is 5.75 Å². The lowest BCUT2D eigenvalue weighted by Crippen LogP contribution is -2.12. The van der Waals surface area contributed by atoms with Crippen molar-refractivity contribution in [1.82, 2.24) is 4.98 Å². The molecule has 1 aromatic carbocycles. The van der Waals surface area contributed by atoms with Crippen LogP contribution in [0.25, 0.3) is 0 Å². The van der Waals surface area contributed by atoms with Crippen molar-refractivity contribution in [1.29, 1.82) is 0 Å². The Balaban J connectivity index is 2.18. The fraction of sp³-hybridized carbons (Fsp3) is 0.0769. The summed E-state index contributed by atoms with van der Waals surface area (Å²) in [5.41, 5.74) is 0.825. The maximum atomic E-state index is 11.8. The van der Waals surface area contributed by atoms with Crippen molar-refractivity contribution in [3.63, 3.8) is 0 Å². The van der Waals surface area contributed by atoms with Gasteiger partial charge < -0.3 is 9.72 Å². The quantitative estimate of drug-likeness (QED) is 0.883. The van der Waals surface area contributed by atoms with Gasteiger partial charge in [0.25, 0.3) is 0 Å². The zero-order valence-electron chi connectivity index (χ0n) is 9.35.